The highest BCUT2D eigenvalue weighted by Gasteiger charge is 2.29. The average Bonchev–Trinajstić information content (AvgIpc) is 3.15. The molecule has 1 unspecified atom stereocenters. The van der Waals surface area contributed by atoms with Gasteiger partial charge in [-0.2, -0.15) is 0 Å². The summed E-state index contributed by atoms with van der Waals surface area (Å²) in [6, 6.07) is 0. The fourth-order valence-corrected chi connectivity index (χ4v) is 5.88. The van der Waals surface area contributed by atoms with Crippen LogP contribution in [0.2, 0.25) is 5.82 Å². The van der Waals surface area contributed by atoms with E-state index in [9.17, 15) is 4.79 Å². The number of carbonyl (C=O) groups excluding carboxylic acids is 1. The van der Waals surface area contributed by atoms with Crippen LogP contribution in [0.4, 0.5) is 0 Å². The van der Waals surface area contributed by atoms with Crippen molar-refractivity contribution in [2.24, 2.45) is 5.92 Å². The summed E-state index contributed by atoms with van der Waals surface area (Å²) in [5.41, 5.74) is 3.07. The minimum Gasteiger partial charge on any atom is -0.345 e. The first-order chi connectivity index (χ1) is 14.3. The number of H-pyrrole nitrogens is 1. The Morgan fingerprint density at radius 2 is 1.38 bits per heavy atom. The topological polar surface area (TPSA) is 45.8 Å². The summed E-state index contributed by atoms with van der Waals surface area (Å²) in [5.74, 6) is 2.58. The third-order valence-corrected chi connectivity index (χ3v) is 7.75. The summed E-state index contributed by atoms with van der Waals surface area (Å²) < 4.78 is 0. The molecule has 2 fully saturated rings. The Labute approximate surface area is 178 Å². The zero-order chi connectivity index (χ0) is 19.9. The van der Waals surface area contributed by atoms with Crippen molar-refractivity contribution in [3.8, 4) is 0 Å². The van der Waals surface area contributed by atoms with Gasteiger partial charge in [0.2, 0.25) is 7.28 Å². The van der Waals surface area contributed by atoms with Crippen LogP contribution in [0, 0.1) is 5.92 Å². The largest absolute Gasteiger partial charge is 0.345 e. The van der Waals surface area contributed by atoms with E-state index in [2.05, 4.69) is 12.3 Å². The van der Waals surface area contributed by atoms with Crippen LogP contribution in [0.15, 0.2) is 0 Å². The molecular weight excluding hydrogens is 355 g/mol. The Morgan fingerprint density at radius 3 is 2.03 bits per heavy atom. The van der Waals surface area contributed by atoms with Gasteiger partial charge in [0.25, 0.3) is 0 Å². The van der Waals surface area contributed by atoms with Crippen molar-refractivity contribution in [1.29, 1.82) is 0 Å². The fraction of sp³-hybridized carbons (Fsp3) is 0.840. The molecule has 29 heavy (non-hydrogen) atoms. The summed E-state index contributed by atoms with van der Waals surface area (Å²) >= 11 is 0. The summed E-state index contributed by atoms with van der Waals surface area (Å²) in [6.45, 7) is 0. The zero-order valence-corrected chi connectivity index (χ0v) is 18.4. The van der Waals surface area contributed by atoms with E-state index in [1.165, 1.54) is 101 Å². The molecule has 1 aromatic rings. The molecule has 0 saturated heterocycles. The summed E-state index contributed by atoms with van der Waals surface area (Å²) in [4.78, 5) is 21.7. The van der Waals surface area contributed by atoms with Crippen LogP contribution in [-0.4, -0.2) is 22.9 Å². The van der Waals surface area contributed by atoms with Gasteiger partial charge in [0.1, 0.15) is 5.82 Å². The summed E-state index contributed by atoms with van der Waals surface area (Å²) in [6.07, 6.45) is 22.7. The lowest BCUT2D eigenvalue weighted by Gasteiger charge is -2.22. The molecule has 3 nitrogen and oxygen atoms in total. The summed E-state index contributed by atoms with van der Waals surface area (Å²) in [7, 11) is 2.11. The number of rotatable bonds is 4. The number of aryl methyl sites for hydroxylation is 1. The number of hydrogen-bond acceptors (Lipinski definition) is 2. The van der Waals surface area contributed by atoms with Gasteiger partial charge in [-0.1, -0.05) is 82.9 Å². The molecule has 3 aliphatic rings. The molecular formula is C25H40BN2O. The van der Waals surface area contributed by atoms with Gasteiger partial charge in [0.05, 0.1) is 11.4 Å². The molecule has 4 rings (SSSR count). The Bertz CT molecular complexity index is 637. The maximum atomic E-state index is 13.0. The third-order valence-electron chi connectivity index (χ3n) is 7.75. The van der Waals surface area contributed by atoms with Crippen LogP contribution in [0.1, 0.15) is 126 Å². The lowest BCUT2D eigenvalue weighted by molar-refractivity contribution is -0.116. The Balaban J connectivity index is 1.33. The van der Waals surface area contributed by atoms with Crippen molar-refractivity contribution in [3.63, 3.8) is 0 Å². The fourth-order valence-electron chi connectivity index (χ4n) is 5.88. The molecule has 4 heteroatoms. The normalized spacial score (nSPS) is 25.7. The second kappa shape index (κ2) is 10.8. The molecule has 1 radical (unpaired) electrons. The molecule has 159 valence electrons. The molecule has 0 aromatic carbocycles. The highest BCUT2D eigenvalue weighted by Crippen LogP contribution is 2.34. The van der Waals surface area contributed by atoms with Crippen molar-refractivity contribution in [3.05, 3.63) is 17.2 Å². The van der Waals surface area contributed by atoms with E-state index >= 15 is 0 Å². The summed E-state index contributed by atoms with van der Waals surface area (Å²) in [5, 5.41) is 0. The second-order valence-electron chi connectivity index (χ2n) is 10.1. The number of carbonyl (C=O) groups is 1. The van der Waals surface area contributed by atoms with Crippen LogP contribution in [-0.2, 0) is 17.6 Å². The molecule has 0 aliphatic heterocycles. The molecule has 0 bridgehead atoms. The molecule has 1 N–H and O–H groups in total. The maximum Gasteiger partial charge on any atom is 0.206 e. The van der Waals surface area contributed by atoms with E-state index in [4.69, 9.17) is 4.98 Å². The van der Waals surface area contributed by atoms with Crippen LogP contribution >= 0.6 is 0 Å². The number of aromatic amines is 1. The first-order valence-electron chi connectivity index (χ1n) is 12.8. The van der Waals surface area contributed by atoms with Gasteiger partial charge in [0.15, 0.2) is 0 Å². The molecule has 1 heterocycles. The number of fused-ring (bicyclic) bond motifs is 1. The van der Waals surface area contributed by atoms with Gasteiger partial charge < -0.3 is 9.78 Å². The average molecular weight is 395 g/mol. The van der Waals surface area contributed by atoms with E-state index in [1.54, 1.807) is 0 Å². The van der Waals surface area contributed by atoms with Crippen molar-refractivity contribution in [2.75, 3.05) is 0 Å². The molecule has 3 aliphatic carbocycles. The SMILES string of the molecule is O=C([B]C1CCc2nc(C3CCCCCCC3)[nH]c2C1)C1CCCCCCCC1. The van der Waals surface area contributed by atoms with Crippen molar-refractivity contribution >= 4 is 13.0 Å². The van der Waals surface area contributed by atoms with Gasteiger partial charge >= 0.3 is 0 Å². The zero-order valence-electron chi connectivity index (χ0n) is 18.4. The minimum absolute atomic E-state index is 0.293. The van der Waals surface area contributed by atoms with Crippen molar-refractivity contribution < 1.29 is 4.79 Å². The second-order valence-corrected chi connectivity index (χ2v) is 10.1. The van der Waals surface area contributed by atoms with Gasteiger partial charge in [-0.25, -0.2) is 4.98 Å². The standard InChI is InChI=1S/C25H40BN2O/c29-24(19-12-8-4-1-2-5-9-13-19)26-21-16-17-22-23(18-21)28-25(27-22)20-14-10-6-3-7-11-15-20/h19-21H,1-18H2,(H,27,28). The molecule has 0 spiro atoms. The van der Waals surface area contributed by atoms with Crippen LogP contribution in [0.25, 0.3) is 0 Å². The van der Waals surface area contributed by atoms with E-state index < -0.39 is 0 Å². The number of hydrogen-bond donors (Lipinski definition) is 1. The molecule has 0 amide bonds. The number of imidazole rings is 1. The van der Waals surface area contributed by atoms with Crippen LogP contribution < -0.4 is 0 Å². The first kappa shape index (κ1) is 21.2. The number of nitrogens with one attached hydrogen (secondary N) is 1. The van der Waals surface area contributed by atoms with Gasteiger partial charge in [-0.05, 0) is 38.5 Å². The quantitative estimate of drug-likeness (QED) is 0.592. The van der Waals surface area contributed by atoms with Crippen LogP contribution in [0.5, 0.6) is 0 Å². The maximum absolute atomic E-state index is 13.0. The van der Waals surface area contributed by atoms with Gasteiger partial charge in [0, 0.05) is 17.5 Å². The lowest BCUT2D eigenvalue weighted by atomic mass is 9.53. The van der Waals surface area contributed by atoms with E-state index in [-0.39, 0.29) is 0 Å². The smallest absolute Gasteiger partial charge is 0.206 e. The predicted octanol–water partition coefficient (Wildman–Crippen LogP) is 6.50. The Kier molecular flexibility index (Phi) is 7.90. The molecule has 1 aromatic heterocycles. The highest BCUT2D eigenvalue weighted by molar-refractivity contribution is 6.75. The Hall–Kier alpha value is -1.06. The van der Waals surface area contributed by atoms with Crippen LogP contribution in [0.3, 0.4) is 0 Å². The monoisotopic (exact) mass is 395 g/mol. The minimum atomic E-state index is 0.293. The van der Waals surface area contributed by atoms with E-state index in [0.29, 0.717) is 23.3 Å². The van der Waals surface area contributed by atoms with Crippen molar-refractivity contribution in [2.45, 2.75) is 127 Å². The van der Waals surface area contributed by atoms with E-state index in [0.717, 1.165) is 32.1 Å². The lowest BCUT2D eigenvalue weighted by Crippen LogP contribution is -2.27. The van der Waals surface area contributed by atoms with Crippen molar-refractivity contribution in [1.82, 2.24) is 9.97 Å². The molecule has 1 atom stereocenters. The predicted molar refractivity (Wildman–Crippen MR) is 121 cm³/mol. The van der Waals surface area contributed by atoms with Gasteiger partial charge in [-0.3, -0.25) is 0 Å². The third kappa shape index (κ3) is 5.98. The van der Waals surface area contributed by atoms with E-state index in [1.807, 2.05) is 0 Å². The Morgan fingerprint density at radius 1 is 0.793 bits per heavy atom. The number of nitrogens with zero attached hydrogens (tertiary/aromatic N) is 1. The van der Waals surface area contributed by atoms with Gasteiger partial charge in [-0.15, -0.1) is 0 Å². The number of aromatic nitrogens is 2. The highest BCUT2D eigenvalue weighted by atomic mass is 16.1. The first-order valence-corrected chi connectivity index (χ1v) is 12.8. The molecule has 2 saturated carbocycles.